The predicted octanol–water partition coefficient (Wildman–Crippen LogP) is 3.48. The highest BCUT2D eigenvalue weighted by atomic mass is 127. The molecule has 26 heavy (non-hydrogen) atoms. The maximum Gasteiger partial charge on any atom is 0.191 e. The van der Waals surface area contributed by atoms with E-state index in [1.807, 2.05) is 65.8 Å². The van der Waals surface area contributed by atoms with Gasteiger partial charge in [0.05, 0.1) is 6.54 Å². The lowest BCUT2D eigenvalue weighted by Gasteiger charge is -2.19. The van der Waals surface area contributed by atoms with Gasteiger partial charge in [-0.05, 0) is 59.2 Å². The molecule has 1 rings (SSSR count). The van der Waals surface area contributed by atoms with Crippen molar-refractivity contribution in [3.63, 3.8) is 0 Å². The second-order valence-electron chi connectivity index (χ2n) is 7.05. The van der Waals surface area contributed by atoms with Crippen molar-refractivity contribution in [3.8, 4) is 5.75 Å². The molecule has 2 N–H and O–H groups in total. The Hall–Kier alpha value is -0.830. The Balaban J connectivity index is 0.00000625. The van der Waals surface area contributed by atoms with E-state index in [1.54, 1.807) is 0 Å². The third kappa shape index (κ3) is 10.4. The van der Waals surface area contributed by atoms with Crippen LogP contribution in [-0.4, -0.2) is 46.4 Å². The first kappa shape index (κ1) is 25.2. The van der Waals surface area contributed by atoms with Crippen LogP contribution in [-0.2, 0) is 10.8 Å². The third-order valence-electron chi connectivity index (χ3n) is 3.44. The van der Waals surface area contributed by atoms with Gasteiger partial charge in [0.15, 0.2) is 5.96 Å². The summed E-state index contributed by atoms with van der Waals surface area (Å²) < 4.78 is 17.8. The number of benzene rings is 1. The molecule has 1 aromatic carbocycles. The van der Waals surface area contributed by atoms with Crippen LogP contribution >= 0.6 is 24.0 Å². The number of aliphatic imine (C=N–C) groups is 1. The summed E-state index contributed by atoms with van der Waals surface area (Å²) in [4.78, 5) is 4.56. The summed E-state index contributed by atoms with van der Waals surface area (Å²) in [5, 5.41) is 6.45. The predicted molar refractivity (Wildman–Crippen MR) is 123 cm³/mol. The van der Waals surface area contributed by atoms with E-state index in [2.05, 4.69) is 15.6 Å². The molecule has 0 saturated heterocycles. The standard InChI is InChI=1S/C19H33N3O2S.HI/c1-7-20-18(21-11-12-25(23)19(4,5)6)22-14-16(3)24-17-10-8-9-15(2)13-17;/h8-10,13,16H,7,11-12,14H2,1-6H3,(H2,20,21,22);1H. The Morgan fingerprint density at radius 3 is 2.58 bits per heavy atom. The van der Waals surface area contributed by atoms with Crippen molar-refractivity contribution >= 4 is 40.7 Å². The van der Waals surface area contributed by atoms with E-state index in [-0.39, 0.29) is 34.8 Å². The molecule has 0 aliphatic heterocycles. The van der Waals surface area contributed by atoms with Crippen LogP contribution in [0.5, 0.6) is 5.75 Å². The van der Waals surface area contributed by atoms with Crippen LogP contribution in [0.3, 0.4) is 0 Å². The topological polar surface area (TPSA) is 62.7 Å². The third-order valence-corrected chi connectivity index (χ3v) is 5.38. The van der Waals surface area contributed by atoms with Crippen molar-refractivity contribution in [2.24, 2.45) is 4.99 Å². The number of rotatable bonds is 8. The van der Waals surface area contributed by atoms with Gasteiger partial charge in [0.1, 0.15) is 11.9 Å². The molecule has 2 atom stereocenters. The molecule has 0 aliphatic carbocycles. The fraction of sp³-hybridized carbons (Fsp3) is 0.632. The highest BCUT2D eigenvalue weighted by Gasteiger charge is 2.18. The summed E-state index contributed by atoms with van der Waals surface area (Å²) in [7, 11) is -0.869. The lowest BCUT2D eigenvalue weighted by Crippen LogP contribution is -2.41. The molecule has 0 spiro atoms. The van der Waals surface area contributed by atoms with Gasteiger partial charge in [-0.25, -0.2) is 4.99 Å². The molecule has 7 heteroatoms. The molecule has 5 nitrogen and oxygen atoms in total. The van der Waals surface area contributed by atoms with Gasteiger partial charge in [-0.1, -0.05) is 12.1 Å². The van der Waals surface area contributed by atoms with E-state index in [1.165, 1.54) is 5.56 Å². The lowest BCUT2D eigenvalue weighted by atomic mass is 10.2. The molecular weight excluding hydrogens is 461 g/mol. The summed E-state index contributed by atoms with van der Waals surface area (Å²) >= 11 is 0. The van der Waals surface area contributed by atoms with Gasteiger partial charge in [-0.2, -0.15) is 0 Å². The van der Waals surface area contributed by atoms with Crippen LogP contribution in [0, 0.1) is 6.92 Å². The van der Waals surface area contributed by atoms with Crippen molar-refractivity contribution in [2.75, 3.05) is 25.4 Å². The largest absolute Gasteiger partial charge is 0.489 e. The van der Waals surface area contributed by atoms with E-state index < -0.39 is 10.8 Å². The number of nitrogens with one attached hydrogen (secondary N) is 2. The first-order chi connectivity index (χ1) is 11.7. The molecule has 0 heterocycles. The number of nitrogens with zero attached hydrogens (tertiary/aromatic N) is 1. The number of halogens is 1. The van der Waals surface area contributed by atoms with E-state index in [0.717, 1.165) is 18.3 Å². The SMILES string of the molecule is CCNC(=NCC(C)Oc1cccc(C)c1)NCCS(=O)C(C)(C)C.I. The zero-order chi connectivity index (χ0) is 18.9. The van der Waals surface area contributed by atoms with Gasteiger partial charge < -0.3 is 15.4 Å². The summed E-state index contributed by atoms with van der Waals surface area (Å²) in [6, 6.07) is 8.01. The van der Waals surface area contributed by atoms with E-state index >= 15 is 0 Å². The van der Waals surface area contributed by atoms with Crippen LogP contribution in [0.1, 0.15) is 40.2 Å². The minimum atomic E-state index is -0.869. The lowest BCUT2D eigenvalue weighted by molar-refractivity contribution is 0.230. The average Bonchev–Trinajstić information content (AvgIpc) is 2.51. The molecule has 150 valence electrons. The fourth-order valence-electron chi connectivity index (χ4n) is 2.09. The number of hydrogen-bond acceptors (Lipinski definition) is 3. The van der Waals surface area contributed by atoms with Gasteiger partial charge in [0, 0.05) is 34.4 Å². The zero-order valence-corrected chi connectivity index (χ0v) is 19.9. The van der Waals surface area contributed by atoms with Crippen molar-refractivity contribution in [3.05, 3.63) is 29.8 Å². The number of guanidine groups is 1. The van der Waals surface area contributed by atoms with Gasteiger partial charge in [-0.15, -0.1) is 24.0 Å². The summed E-state index contributed by atoms with van der Waals surface area (Å²) in [5.41, 5.74) is 1.18. The van der Waals surface area contributed by atoms with Crippen molar-refractivity contribution in [1.29, 1.82) is 0 Å². The second kappa shape index (κ2) is 12.5. The van der Waals surface area contributed by atoms with Crippen molar-refractivity contribution in [2.45, 2.75) is 52.4 Å². The van der Waals surface area contributed by atoms with Gasteiger partial charge in [0.25, 0.3) is 0 Å². The monoisotopic (exact) mass is 495 g/mol. The van der Waals surface area contributed by atoms with Gasteiger partial charge >= 0.3 is 0 Å². The molecule has 1 aromatic rings. The van der Waals surface area contributed by atoms with E-state index in [9.17, 15) is 4.21 Å². The van der Waals surface area contributed by atoms with Crippen molar-refractivity contribution < 1.29 is 8.95 Å². The molecule has 0 saturated carbocycles. The fourth-order valence-corrected chi connectivity index (χ4v) is 2.99. The Bertz CT molecular complexity index is 588. The minimum absolute atomic E-state index is 0. The Morgan fingerprint density at radius 2 is 2.00 bits per heavy atom. The highest BCUT2D eigenvalue weighted by Crippen LogP contribution is 2.14. The van der Waals surface area contributed by atoms with Crippen LogP contribution < -0.4 is 15.4 Å². The van der Waals surface area contributed by atoms with Crippen LogP contribution in [0.4, 0.5) is 0 Å². The summed E-state index contributed by atoms with van der Waals surface area (Å²) in [6.07, 6.45) is -0.0269. The van der Waals surface area contributed by atoms with Gasteiger partial charge in [0.2, 0.25) is 0 Å². The molecular formula is C19H34IN3O2S. The average molecular weight is 495 g/mol. The quantitative estimate of drug-likeness (QED) is 0.330. The maximum absolute atomic E-state index is 12.1. The summed E-state index contributed by atoms with van der Waals surface area (Å²) in [6.45, 7) is 14.0. The maximum atomic E-state index is 12.1. The molecule has 0 fully saturated rings. The van der Waals surface area contributed by atoms with Crippen LogP contribution in [0.2, 0.25) is 0 Å². The second-order valence-corrected chi connectivity index (χ2v) is 9.38. The van der Waals surface area contributed by atoms with E-state index in [0.29, 0.717) is 18.8 Å². The highest BCUT2D eigenvalue weighted by molar-refractivity contribution is 14.0. The first-order valence-corrected chi connectivity index (χ1v) is 10.2. The zero-order valence-electron chi connectivity index (χ0n) is 16.8. The van der Waals surface area contributed by atoms with Gasteiger partial charge in [-0.3, -0.25) is 4.21 Å². The molecule has 0 amide bonds. The molecule has 0 aromatic heterocycles. The Kier molecular flexibility index (Phi) is 12.1. The normalized spacial score (nSPS) is 14.2. The first-order valence-electron chi connectivity index (χ1n) is 8.86. The van der Waals surface area contributed by atoms with E-state index in [4.69, 9.17) is 4.74 Å². The number of ether oxygens (including phenoxy) is 1. The minimum Gasteiger partial charge on any atom is -0.489 e. The molecule has 0 bridgehead atoms. The molecule has 0 radical (unpaired) electrons. The number of hydrogen-bond donors (Lipinski definition) is 2. The Morgan fingerprint density at radius 1 is 1.31 bits per heavy atom. The van der Waals surface area contributed by atoms with Crippen molar-refractivity contribution in [1.82, 2.24) is 10.6 Å². The molecule has 0 aliphatic rings. The summed E-state index contributed by atoms with van der Waals surface area (Å²) in [5.74, 6) is 2.19. The van der Waals surface area contributed by atoms with Crippen LogP contribution in [0.15, 0.2) is 29.3 Å². The number of aryl methyl sites for hydroxylation is 1. The Labute approximate surface area is 178 Å². The molecule has 2 unspecified atom stereocenters. The smallest absolute Gasteiger partial charge is 0.191 e. The van der Waals surface area contributed by atoms with Crippen LogP contribution in [0.25, 0.3) is 0 Å².